The first-order valence-electron chi connectivity index (χ1n) is 6.63. The standard InChI is InChI=1S/C17H17N3O/c1-20(2)12-14-4-3-5-16(10-14)19-17(21)15-8-6-13(11-18)7-9-15/h3-10H,12H2,1-2H3,(H,19,21). The molecule has 2 aromatic rings. The Morgan fingerprint density at radius 1 is 1.19 bits per heavy atom. The Morgan fingerprint density at radius 2 is 1.90 bits per heavy atom. The lowest BCUT2D eigenvalue weighted by Crippen LogP contribution is -2.13. The number of amides is 1. The monoisotopic (exact) mass is 279 g/mol. The lowest BCUT2D eigenvalue weighted by molar-refractivity contribution is 0.102. The molecule has 21 heavy (non-hydrogen) atoms. The third kappa shape index (κ3) is 4.16. The first kappa shape index (κ1) is 14.8. The van der Waals surface area contributed by atoms with Crippen LogP contribution in [0.5, 0.6) is 0 Å². The largest absolute Gasteiger partial charge is 0.322 e. The van der Waals surface area contributed by atoms with Crippen molar-refractivity contribution in [3.05, 3.63) is 65.2 Å². The Bertz CT molecular complexity index is 669. The fourth-order valence-electron chi connectivity index (χ4n) is 2.01. The molecule has 0 heterocycles. The van der Waals surface area contributed by atoms with Crippen LogP contribution in [0.15, 0.2) is 48.5 Å². The van der Waals surface area contributed by atoms with Crippen molar-refractivity contribution >= 4 is 11.6 Å². The molecule has 0 saturated heterocycles. The minimum absolute atomic E-state index is 0.179. The molecule has 0 aliphatic rings. The minimum atomic E-state index is -0.179. The van der Waals surface area contributed by atoms with Crippen LogP contribution in [0.3, 0.4) is 0 Å². The Labute approximate surface area is 124 Å². The van der Waals surface area contributed by atoms with Crippen molar-refractivity contribution in [1.82, 2.24) is 4.90 Å². The van der Waals surface area contributed by atoms with E-state index in [9.17, 15) is 4.79 Å². The lowest BCUT2D eigenvalue weighted by Gasteiger charge is -2.11. The summed E-state index contributed by atoms with van der Waals surface area (Å²) in [4.78, 5) is 14.2. The molecule has 1 N–H and O–H groups in total. The number of nitriles is 1. The molecule has 0 radical (unpaired) electrons. The van der Waals surface area contributed by atoms with Gasteiger partial charge in [0.05, 0.1) is 11.6 Å². The second kappa shape index (κ2) is 6.69. The molecule has 0 aliphatic heterocycles. The van der Waals surface area contributed by atoms with Gasteiger partial charge < -0.3 is 10.2 Å². The van der Waals surface area contributed by atoms with Crippen LogP contribution < -0.4 is 5.32 Å². The Kier molecular flexibility index (Phi) is 4.70. The van der Waals surface area contributed by atoms with Crippen molar-refractivity contribution in [3.8, 4) is 6.07 Å². The van der Waals surface area contributed by atoms with Gasteiger partial charge in [-0.25, -0.2) is 0 Å². The van der Waals surface area contributed by atoms with Gasteiger partial charge in [-0.2, -0.15) is 5.26 Å². The second-order valence-corrected chi connectivity index (χ2v) is 5.08. The summed E-state index contributed by atoms with van der Waals surface area (Å²) < 4.78 is 0. The maximum Gasteiger partial charge on any atom is 0.255 e. The van der Waals surface area contributed by atoms with Crippen LogP contribution in [0.25, 0.3) is 0 Å². The number of carbonyl (C=O) groups is 1. The van der Waals surface area contributed by atoms with Crippen molar-refractivity contribution in [2.75, 3.05) is 19.4 Å². The van der Waals surface area contributed by atoms with Crippen LogP contribution >= 0.6 is 0 Å². The zero-order valence-corrected chi connectivity index (χ0v) is 12.1. The van der Waals surface area contributed by atoms with Gasteiger partial charge in [-0.3, -0.25) is 4.79 Å². The van der Waals surface area contributed by atoms with Gasteiger partial charge in [-0.15, -0.1) is 0 Å². The van der Waals surface area contributed by atoms with E-state index in [1.54, 1.807) is 24.3 Å². The van der Waals surface area contributed by atoms with Gasteiger partial charge in [0.1, 0.15) is 0 Å². The van der Waals surface area contributed by atoms with E-state index < -0.39 is 0 Å². The highest BCUT2D eigenvalue weighted by Crippen LogP contribution is 2.13. The molecule has 106 valence electrons. The van der Waals surface area contributed by atoms with Crippen molar-refractivity contribution in [2.45, 2.75) is 6.54 Å². The van der Waals surface area contributed by atoms with E-state index in [2.05, 4.69) is 10.2 Å². The fourth-order valence-corrected chi connectivity index (χ4v) is 2.01. The second-order valence-electron chi connectivity index (χ2n) is 5.08. The van der Waals surface area contributed by atoms with E-state index in [4.69, 9.17) is 5.26 Å². The molecule has 0 bridgehead atoms. The van der Waals surface area contributed by atoms with E-state index in [0.717, 1.165) is 17.8 Å². The quantitative estimate of drug-likeness (QED) is 0.936. The molecule has 0 aromatic heterocycles. The summed E-state index contributed by atoms with van der Waals surface area (Å²) in [6, 6.07) is 16.4. The molecule has 2 aromatic carbocycles. The zero-order chi connectivity index (χ0) is 15.2. The maximum atomic E-state index is 12.1. The Balaban J connectivity index is 2.10. The predicted molar refractivity (Wildman–Crippen MR) is 82.9 cm³/mol. The van der Waals surface area contributed by atoms with E-state index >= 15 is 0 Å². The number of hydrogen-bond acceptors (Lipinski definition) is 3. The van der Waals surface area contributed by atoms with E-state index in [1.807, 2.05) is 44.4 Å². The summed E-state index contributed by atoms with van der Waals surface area (Å²) in [6.07, 6.45) is 0. The number of benzene rings is 2. The van der Waals surface area contributed by atoms with Crippen LogP contribution in [0, 0.1) is 11.3 Å². The predicted octanol–water partition coefficient (Wildman–Crippen LogP) is 2.87. The number of nitrogens with zero attached hydrogens (tertiary/aromatic N) is 2. The van der Waals surface area contributed by atoms with Crippen molar-refractivity contribution in [1.29, 1.82) is 5.26 Å². The summed E-state index contributed by atoms with van der Waals surface area (Å²) >= 11 is 0. The SMILES string of the molecule is CN(C)Cc1cccc(NC(=O)c2ccc(C#N)cc2)c1. The first-order chi connectivity index (χ1) is 10.1. The summed E-state index contributed by atoms with van der Waals surface area (Å²) in [5.41, 5.74) is 2.98. The van der Waals surface area contributed by atoms with Gasteiger partial charge in [0, 0.05) is 17.8 Å². The van der Waals surface area contributed by atoms with E-state index in [1.165, 1.54) is 0 Å². The average Bonchev–Trinajstić information content (AvgIpc) is 2.47. The van der Waals surface area contributed by atoms with Gasteiger partial charge in [-0.1, -0.05) is 12.1 Å². The van der Waals surface area contributed by atoms with Crippen molar-refractivity contribution < 1.29 is 4.79 Å². The number of nitrogens with one attached hydrogen (secondary N) is 1. The van der Waals surface area contributed by atoms with Crippen LogP contribution in [-0.4, -0.2) is 24.9 Å². The summed E-state index contributed by atoms with van der Waals surface area (Å²) in [5, 5.41) is 11.6. The van der Waals surface area contributed by atoms with Crippen LogP contribution in [0.4, 0.5) is 5.69 Å². The Morgan fingerprint density at radius 3 is 2.52 bits per heavy atom. The van der Waals surface area contributed by atoms with Gasteiger partial charge in [0.25, 0.3) is 5.91 Å². The van der Waals surface area contributed by atoms with Crippen LogP contribution in [0.1, 0.15) is 21.5 Å². The van der Waals surface area contributed by atoms with E-state index in [0.29, 0.717) is 11.1 Å². The normalized spacial score (nSPS) is 10.2. The molecule has 1 amide bonds. The number of anilines is 1. The molecule has 0 saturated carbocycles. The number of carbonyl (C=O) groups excluding carboxylic acids is 1. The van der Waals surface area contributed by atoms with Gasteiger partial charge in [0.15, 0.2) is 0 Å². The third-order valence-corrected chi connectivity index (χ3v) is 2.96. The molecule has 2 rings (SSSR count). The summed E-state index contributed by atoms with van der Waals surface area (Å²) in [7, 11) is 4.00. The fraction of sp³-hybridized carbons (Fsp3) is 0.176. The average molecular weight is 279 g/mol. The summed E-state index contributed by atoms with van der Waals surface area (Å²) in [5.74, 6) is -0.179. The molecule has 0 unspecified atom stereocenters. The van der Waals surface area contributed by atoms with Gasteiger partial charge in [0.2, 0.25) is 0 Å². The minimum Gasteiger partial charge on any atom is -0.322 e. The van der Waals surface area contributed by atoms with E-state index in [-0.39, 0.29) is 5.91 Å². The van der Waals surface area contributed by atoms with Crippen molar-refractivity contribution in [3.63, 3.8) is 0 Å². The molecular formula is C17H17N3O. The maximum absolute atomic E-state index is 12.1. The highest BCUT2D eigenvalue weighted by Gasteiger charge is 2.06. The highest BCUT2D eigenvalue weighted by atomic mass is 16.1. The van der Waals surface area contributed by atoms with Crippen LogP contribution in [-0.2, 0) is 6.54 Å². The highest BCUT2D eigenvalue weighted by molar-refractivity contribution is 6.04. The van der Waals surface area contributed by atoms with Gasteiger partial charge >= 0.3 is 0 Å². The van der Waals surface area contributed by atoms with Crippen LogP contribution in [0.2, 0.25) is 0 Å². The molecule has 0 aliphatic carbocycles. The summed E-state index contributed by atoms with van der Waals surface area (Å²) in [6.45, 7) is 0.820. The molecule has 0 fully saturated rings. The number of rotatable bonds is 4. The molecule has 0 atom stereocenters. The smallest absolute Gasteiger partial charge is 0.255 e. The lowest BCUT2D eigenvalue weighted by atomic mass is 10.1. The van der Waals surface area contributed by atoms with Crippen molar-refractivity contribution in [2.24, 2.45) is 0 Å². The molecule has 4 heteroatoms. The zero-order valence-electron chi connectivity index (χ0n) is 12.1. The van der Waals surface area contributed by atoms with Gasteiger partial charge in [-0.05, 0) is 56.1 Å². The molecule has 4 nitrogen and oxygen atoms in total. The third-order valence-electron chi connectivity index (χ3n) is 2.96. The Hall–Kier alpha value is -2.64. The molecular weight excluding hydrogens is 262 g/mol. The topological polar surface area (TPSA) is 56.1 Å². The molecule has 0 spiro atoms. The number of hydrogen-bond donors (Lipinski definition) is 1. The first-order valence-corrected chi connectivity index (χ1v) is 6.63.